The number of benzene rings is 1. The number of amides is 1. The molecule has 1 aromatic heterocycles. The summed E-state index contributed by atoms with van der Waals surface area (Å²) in [4.78, 5) is 34.2. The van der Waals surface area contributed by atoms with Gasteiger partial charge in [0.1, 0.15) is 17.5 Å². The van der Waals surface area contributed by atoms with E-state index in [0.717, 1.165) is 56.4 Å². The molecule has 36 heavy (non-hydrogen) atoms. The van der Waals surface area contributed by atoms with Crippen LogP contribution in [0.4, 0.5) is 5.69 Å². The second-order valence-electron chi connectivity index (χ2n) is 10.7. The third-order valence-electron chi connectivity index (χ3n) is 6.95. The van der Waals surface area contributed by atoms with Gasteiger partial charge in [0.25, 0.3) is 5.91 Å². The number of aromatic amines is 1. The number of nitrogens with one attached hydrogen (secondary N) is 2. The Bertz CT molecular complexity index is 1180. The summed E-state index contributed by atoms with van der Waals surface area (Å²) in [5.41, 5.74) is 10.2. The topological polar surface area (TPSA) is 128 Å². The van der Waals surface area contributed by atoms with Gasteiger partial charge < -0.3 is 16.0 Å². The van der Waals surface area contributed by atoms with Crippen molar-refractivity contribution in [2.45, 2.75) is 70.3 Å². The molecule has 0 unspecified atom stereocenters. The molecular weight excluding hydrogens is 452 g/mol. The summed E-state index contributed by atoms with van der Waals surface area (Å²) in [5.74, 6) is 0.379. The van der Waals surface area contributed by atoms with E-state index in [4.69, 9.17) is 11.0 Å². The molecule has 0 bridgehead atoms. The minimum atomic E-state index is -0.467. The van der Waals surface area contributed by atoms with Crippen molar-refractivity contribution >= 4 is 23.0 Å². The van der Waals surface area contributed by atoms with Crippen molar-refractivity contribution in [2.75, 3.05) is 25.0 Å². The minimum Gasteiger partial charge on any atom is -0.326 e. The third-order valence-corrected chi connectivity index (χ3v) is 6.95. The van der Waals surface area contributed by atoms with Crippen LogP contribution in [0.5, 0.6) is 0 Å². The predicted octanol–water partition coefficient (Wildman–Crippen LogP) is 4.37. The molecule has 4 rings (SSSR count). The maximum absolute atomic E-state index is 12.8. The fourth-order valence-electron chi connectivity index (χ4n) is 5.19. The zero-order valence-electron chi connectivity index (χ0n) is 21.3. The van der Waals surface area contributed by atoms with E-state index in [1.807, 2.05) is 26.0 Å². The molecule has 0 saturated carbocycles. The van der Waals surface area contributed by atoms with Crippen LogP contribution in [-0.4, -0.2) is 51.7 Å². The smallest absolute Gasteiger partial charge is 0.291 e. The molecule has 1 fully saturated rings. The maximum Gasteiger partial charge on any atom is 0.291 e. The molecule has 8 nitrogen and oxygen atoms in total. The quantitative estimate of drug-likeness (QED) is 0.506. The van der Waals surface area contributed by atoms with Crippen molar-refractivity contribution < 1.29 is 9.59 Å². The van der Waals surface area contributed by atoms with Gasteiger partial charge in [0.05, 0.1) is 12.7 Å². The molecular formula is C28H36N6O2. The number of carbonyl (C=O) groups is 2. The molecule has 1 aliphatic carbocycles. The molecule has 0 spiro atoms. The Morgan fingerprint density at radius 1 is 1.28 bits per heavy atom. The van der Waals surface area contributed by atoms with E-state index in [1.54, 1.807) is 0 Å². The number of aromatic nitrogens is 2. The molecule has 1 amide bonds. The fourth-order valence-corrected chi connectivity index (χ4v) is 5.19. The SMILES string of the molecule is CC(C)(N)CC(=O)CN1CCC(c2ccc(NC(=O)c3ncc(C#N)[nH]3)c(C3=CCCCC3)c2)CC1. The van der Waals surface area contributed by atoms with Gasteiger partial charge in [-0.2, -0.15) is 5.26 Å². The lowest BCUT2D eigenvalue weighted by atomic mass is 9.85. The van der Waals surface area contributed by atoms with Gasteiger partial charge in [0.2, 0.25) is 0 Å². The molecule has 1 saturated heterocycles. The lowest BCUT2D eigenvalue weighted by molar-refractivity contribution is -0.121. The number of likely N-dealkylation sites (tertiary alicyclic amines) is 1. The number of ketones is 1. The highest BCUT2D eigenvalue weighted by molar-refractivity contribution is 6.03. The number of nitrogens with zero attached hydrogens (tertiary/aromatic N) is 3. The number of hydrogen-bond donors (Lipinski definition) is 3. The summed E-state index contributed by atoms with van der Waals surface area (Å²) in [6.07, 6.45) is 10.4. The Kier molecular flexibility index (Phi) is 8.02. The molecule has 1 aliphatic heterocycles. The van der Waals surface area contributed by atoms with Gasteiger partial charge in [-0.1, -0.05) is 12.1 Å². The van der Waals surface area contributed by atoms with Crippen LogP contribution in [0.1, 0.15) is 92.2 Å². The van der Waals surface area contributed by atoms with E-state index in [2.05, 4.69) is 38.4 Å². The molecule has 0 atom stereocenters. The summed E-state index contributed by atoms with van der Waals surface area (Å²) < 4.78 is 0. The normalized spacial score (nSPS) is 17.3. The van der Waals surface area contributed by atoms with E-state index in [0.29, 0.717) is 18.9 Å². The number of hydrogen-bond acceptors (Lipinski definition) is 6. The Labute approximate surface area is 213 Å². The zero-order valence-corrected chi connectivity index (χ0v) is 21.3. The molecule has 8 heteroatoms. The summed E-state index contributed by atoms with van der Waals surface area (Å²) in [7, 11) is 0. The Hall–Kier alpha value is -3.28. The summed E-state index contributed by atoms with van der Waals surface area (Å²) >= 11 is 0. The highest BCUT2D eigenvalue weighted by Gasteiger charge is 2.25. The van der Waals surface area contributed by atoms with Crippen LogP contribution in [0.3, 0.4) is 0 Å². The van der Waals surface area contributed by atoms with Crippen molar-refractivity contribution in [1.29, 1.82) is 5.26 Å². The van der Waals surface area contributed by atoms with Gasteiger partial charge in [-0.3, -0.25) is 14.5 Å². The second-order valence-corrected chi connectivity index (χ2v) is 10.7. The van der Waals surface area contributed by atoms with Crippen LogP contribution in [0.15, 0.2) is 30.5 Å². The number of nitrogens with two attached hydrogens (primary N) is 1. The third kappa shape index (κ3) is 6.68. The highest BCUT2D eigenvalue weighted by Crippen LogP contribution is 2.36. The van der Waals surface area contributed by atoms with Crippen molar-refractivity contribution in [3.05, 3.63) is 53.1 Å². The van der Waals surface area contributed by atoms with Gasteiger partial charge in [-0.15, -0.1) is 0 Å². The Balaban J connectivity index is 1.47. The molecule has 2 aliphatic rings. The van der Waals surface area contributed by atoms with Crippen LogP contribution in [0, 0.1) is 11.3 Å². The predicted molar refractivity (Wildman–Crippen MR) is 140 cm³/mol. The van der Waals surface area contributed by atoms with Gasteiger partial charge in [-0.25, -0.2) is 4.98 Å². The van der Waals surface area contributed by atoms with Crippen LogP contribution in [-0.2, 0) is 4.79 Å². The molecule has 190 valence electrons. The van der Waals surface area contributed by atoms with Gasteiger partial charge in [-0.05, 0) is 94.6 Å². The largest absolute Gasteiger partial charge is 0.326 e. The number of anilines is 1. The van der Waals surface area contributed by atoms with Gasteiger partial charge in [0, 0.05) is 23.2 Å². The van der Waals surface area contributed by atoms with Crippen LogP contribution >= 0.6 is 0 Å². The first-order valence-corrected chi connectivity index (χ1v) is 12.8. The lowest BCUT2D eigenvalue weighted by Gasteiger charge is -2.32. The number of piperidine rings is 1. The molecule has 4 N–H and O–H groups in total. The van der Waals surface area contributed by atoms with E-state index in [-0.39, 0.29) is 23.2 Å². The van der Waals surface area contributed by atoms with Crippen LogP contribution < -0.4 is 11.1 Å². The summed E-state index contributed by atoms with van der Waals surface area (Å²) in [5, 5.41) is 12.0. The number of carbonyl (C=O) groups excluding carboxylic acids is 2. The highest BCUT2D eigenvalue weighted by atomic mass is 16.2. The Morgan fingerprint density at radius 3 is 2.69 bits per heavy atom. The standard InChI is InChI=1S/C28H36N6O2/c1-28(2,30)15-23(35)18-34-12-10-19(11-13-34)21-8-9-25(24(14-21)20-6-4-3-5-7-20)33-27(36)26-31-17-22(16-29)32-26/h6,8-9,14,17,19H,3-5,7,10-13,15,18,30H2,1-2H3,(H,31,32)(H,33,36). The van der Waals surface area contributed by atoms with Crippen molar-refractivity contribution in [1.82, 2.24) is 14.9 Å². The van der Waals surface area contributed by atoms with E-state index >= 15 is 0 Å². The van der Waals surface area contributed by atoms with Crippen molar-refractivity contribution in [3.8, 4) is 6.07 Å². The first-order chi connectivity index (χ1) is 17.2. The van der Waals surface area contributed by atoms with Crippen LogP contribution in [0.2, 0.25) is 0 Å². The fraction of sp³-hybridized carbons (Fsp3) is 0.500. The maximum atomic E-state index is 12.8. The minimum absolute atomic E-state index is 0.124. The number of imidazole rings is 1. The second kappa shape index (κ2) is 11.2. The van der Waals surface area contributed by atoms with Crippen molar-refractivity contribution in [2.24, 2.45) is 5.73 Å². The van der Waals surface area contributed by atoms with Gasteiger partial charge in [0.15, 0.2) is 5.82 Å². The molecule has 1 aromatic carbocycles. The molecule has 2 aromatic rings. The number of Topliss-reactive ketones (excluding diaryl/α,β-unsaturated/α-hetero) is 1. The Morgan fingerprint density at radius 2 is 2.06 bits per heavy atom. The first kappa shape index (κ1) is 25.8. The number of allylic oxidation sites excluding steroid dienone is 2. The first-order valence-electron chi connectivity index (χ1n) is 12.8. The average Bonchev–Trinajstić information content (AvgIpc) is 3.34. The monoisotopic (exact) mass is 488 g/mol. The lowest BCUT2D eigenvalue weighted by Crippen LogP contribution is -2.41. The zero-order chi connectivity index (χ0) is 25.7. The summed E-state index contributed by atoms with van der Waals surface area (Å²) in [6.45, 7) is 6.02. The van der Waals surface area contributed by atoms with Crippen LogP contribution in [0.25, 0.3) is 5.57 Å². The molecule has 2 heterocycles. The molecule has 0 radical (unpaired) electrons. The van der Waals surface area contributed by atoms with E-state index in [9.17, 15) is 9.59 Å². The van der Waals surface area contributed by atoms with E-state index < -0.39 is 5.54 Å². The van der Waals surface area contributed by atoms with Crippen molar-refractivity contribution in [3.63, 3.8) is 0 Å². The van der Waals surface area contributed by atoms with E-state index in [1.165, 1.54) is 23.8 Å². The van der Waals surface area contributed by atoms with Gasteiger partial charge >= 0.3 is 0 Å². The number of rotatable bonds is 8. The summed E-state index contributed by atoms with van der Waals surface area (Å²) in [6, 6.07) is 8.29. The number of nitriles is 1. The number of H-pyrrole nitrogens is 1. The average molecular weight is 489 g/mol.